The van der Waals surface area contributed by atoms with E-state index in [1.54, 1.807) is 0 Å². The molecule has 1 aliphatic carbocycles. The molecule has 0 bridgehead atoms. The minimum atomic E-state index is 0.128. The van der Waals surface area contributed by atoms with E-state index in [2.05, 4.69) is 5.32 Å². The van der Waals surface area contributed by atoms with Crippen LogP contribution in [0.2, 0.25) is 0 Å². The second-order valence-corrected chi connectivity index (χ2v) is 4.40. The number of ether oxygens (including phenoxy) is 2. The van der Waals surface area contributed by atoms with Crippen molar-refractivity contribution in [3.8, 4) is 0 Å². The van der Waals surface area contributed by atoms with Crippen LogP contribution >= 0.6 is 0 Å². The van der Waals surface area contributed by atoms with Crippen LogP contribution < -0.4 is 5.32 Å². The average Bonchev–Trinajstić information content (AvgIpc) is 2.43. The first-order valence-electron chi connectivity index (χ1n) is 5.45. The lowest BCUT2D eigenvalue weighted by molar-refractivity contribution is -0.122. The Morgan fingerprint density at radius 1 is 1.00 bits per heavy atom. The minimum Gasteiger partial charge on any atom is -0.346 e. The first-order chi connectivity index (χ1) is 6.43. The third kappa shape index (κ3) is 1.39. The van der Waals surface area contributed by atoms with E-state index >= 15 is 0 Å². The highest BCUT2D eigenvalue weighted by molar-refractivity contribution is 4.87. The Balaban J connectivity index is 1.62. The Labute approximate surface area is 78.8 Å². The van der Waals surface area contributed by atoms with Crippen molar-refractivity contribution in [2.45, 2.75) is 44.2 Å². The van der Waals surface area contributed by atoms with Crippen molar-refractivity contribution in [2.24, 2.45) is 5.92 Å². The van der Waals surface area contributed by atoms with Gasteiger partial charge in [-0.15, -0.1) is 0 Å². The fraction of sp³-hybridized carbons (Fsp3) is 1.00. The fourth-order valence-electron chi connectivity index (χ4n) is 2.41. The summed E-state index contributed by atoms with van der Waals surface area (Å²) in [4.78, 5) is 0. The first-order valence-corrected chi connectivity index (χ1v) is 5.45. The molecule has 3 rings (SSSR count). The molecule has 1 N–H and O–H groups in total. The van der Waals surface area contributed by atoms with Crippen LogP contribution in [-0.2, 0) is 9.47 Å². The van der Waals surface area contributed by atoms with Crippen LogP contribution in [0.5, 0.6) is 0 Å². The molecule has 3 atom stereocenters. The van der Waals surface area contributed by atoms with Crippen LogP contribution in [0.3, 0.4) is 0 Å². The van der Waals surface area contributed by atoms with Crippen LogP contribution in [0.15, 0.2) is 0 Å². The van der Waals surface area contributed by atoms with Gasteiger partial charge in [-0.3, -0.25) is 0 Å². The van der Waals surface area contributed by atoms with Gasteiger partial charge in [-0.05, 0) is 25.8 Å². The van der Waals surface area contributed by atoms with E-state index < -0.39 is 0 Å². The van der Waals surface area contributed by atoms with Crippen molar-refractivity contribution in [3.05, 3.63) is 0 Å². The van der Waals surface area contributed by atoms with Crippen LogP contribution in [-0.4, -0.2) is 31.6 Å². The van der Waals surface area contributed by atoms with Gasteiger partial charge in [-0.25, -0.2) is 0 Å². The molecule has 0 radical (unpaired) electrons. The zero-order valence-electron chi connectivity index (χ0n) is 7.87. The normalized spacial score (nSPS) is 45.7. The third-order valence-electron chi connectivity index (χ3n) is 3.52. The highest BCUT2D eigenvalue weighted by atomic mass is 16.7. The number of hydrogen-bond acceptors (Lipinski definition) is 3. The van der Waals surface area contributed by atoms with Gasteiger partial charge in [0.15, 0.2) is 6.29 Å². The molecule has 3 fully saturated rings. The van der Waals surface area contributed by atoms with Gasteiger partial charge in [0.1, 0.15) is 0 Å². The molecule has 2 aliphatic heterocycles. The lowest BCUT2D eigenvalue weighted by atomic mass is 9.85. The Bertz CT molecular complexity index is 179. The van der Waals surface area contributed by atoms with E-state index in [9.17, 15) is 0 Å². The molecular weight excluding hydrogens is 166 g/mol. The van der Waals surface area contributed by atoms with E-state index in [4.69, 9.17) is 9.47 Å². The Hall–Kier alpha value is -0.120. The maximum absolute atomic E-state index is 5.91. The minimum absolute atomic E-state index is 0.128. The van der Waals surface area contributed by atoms with E-state index in [1.165, 1.54) is 19.3 Å². The van der Waals surface area contributed by atoms with Gasteiger partial charge in [0, 0.05) is 12.5 Å². The number of piperidine rings is 1. The average molecular weight is 183 g/mol. The molecule has 3 nitrogen and oxygen atoms in total. The Morgan fingerprint density at radius 2 is 1.85 bits per heavy atom. The predicted molar refractivity (Wildman–Crippen MR) is 48.4 cm³/mol. The second kappa shape index (κ2) is 3.23. The molecule has 1 saturated carbocycles. The monoisotopic (exact) mass is 183 g/mol. The molecule has 0 aromatic heterocycles. The predicted octanol–water partition coefficient (Wildman–Crippen LogP) is 0.890. The molecule has 3 heteroatoms. The Kier molecular flexibility index (Phi) is 2.04. The first kappa shape index (κ1) is 8.21. The number of fused-ring (bicyclic) bond motifs is 1. The molecule has 0 amide bonds. The van der Waals surface area contributed by atoms with Gasteiger partial charge in [-0.2, -0.15) is 0 Å². The highest BCUT2D eigenvalue weighted by Crippen LogP contribution is 2.37. The van der Waals surface area contributed by atoms with Gasteiger partial charge in [0.05, 0.1) is 12.2 Å². The zero-order chi connectivity index (χ0) is 8.67. The lowest BCUT2D eigenvalue weighted by Crippen LogP contribution is -2.41. The third-order valence-corrected chi connectivity index (χ3v) is 3.52. The van der Waals surface area contributed by atoms with Gasteiger partial charge in [0.2, 0.25) is 0 Å². The molecule has 13 heavy (non-hydrogen) atoms. The van der Waals surface area contributed by atoms with Crippen LogP contribution in [0.4, 0.5) is 0 Å². The number of hydrogen-bond donors (Lipinski definition) is 1. The van der Waals surface area contributed by atoms with E-state index in [0.29, 0.717) is 18.1 Å². The van der Waals surface area contributed by atoms with E-state index in [1.807, 2.05) is 0 Å². The molecule has 3 aliphatic rings. The Morgan fingerprint density at radius 3 is 2.54 bits per heavy atom. The van der Waals surface area contributed by atoms with Gasteiger partial charge >= 0.3 is 0 Å². The number of rotatable bonds is 1. The maximum atomic E-state index is 5.91. The SMILES string of the molecule is C1CC(C2OC3CCNCC3O2)C1. The summed E-state index contributed by atoms with van der Waals surface area (Å²) in [6.45, 7) is 2.07. The summed E-state index contributed by atoms with van der Waals surface area (Å²) >= 11 is 0. The highest BCUT2D eigenvalue weighted by Gasteiger charge is 2.42. The summed E-state index contributed by atoms with van der Waals surface area (Å²) in [5.74, 6) is 0.700. The summed E-state index contributed by atoms with van der Waals surface area (Å²) in [7, 11) is 0. The van der Waals surface area contributed by atoms with Crippen molar-refractivity contribution in [1.82, 2.24) is 5.32 Å². The summed E-state index contributed by atoms with van der Waals surface area (Å²) in [5, 5.41) is 3.35. The standard InChI is InChI=1S/C10H17NO2/c1-2-7(3-1)10-12-8-4-5-11-6-9(8)13-10/h7-11H,1-6H2. The quantitative estimate of drug-likeness (QED) is 0.655. The molecule has 0 aromatic carbocycles. The maximum Gasteiger partial charge on any atom is 0.161 e. The molecular formula is C10H17NO2. The van der Waals surface area contributed by atoms with Crippen molar-refractivity contribution in [1.29, 1.82) is 0 Å². The lowest BCUT2D eigenvalue weighted by Gasteiger charge is -2.29. The molecule has 0 spiro atoms. The van der Waals surface area contributed by atoms with Gasteiger partial charge < -0.3 is 14.8 Å². The second-order valence-electron chi connectivity index (χ2n) is 4.40. The fourth-order valence-corrected chi connectivity index (χ4v) is 2.41. The van der Waals surface area contributed by atoms with Gasteiger partial charge in [-0.1, -0.05) is 6.42 Å². The summed E-state index contributed by atoms with van der Waals surface area (Å²) in [6.07, 6.45) is 5.93. The molecule has 3 unspecified atom stereocenters. The van der Waals surface area contributed by atoms with Crippen LogP contribution in [0.1, 0.15) is 25.7 Å². The van der Waals surface area contributed by atoms with Crippen molar-refractivity contribution in [3.63, 3.8) is 0 Å². The molecule has 2 saturated heterocycles. The van der Waals surface area contributed by atoms with E-state index in [-0.39, 0.29) is 6.29 Å². The van der Waals surface area contributed by atoms with Crippen LogP contribution in [0.25, 0.3) is 0 Å². The summed E-state index contributed by atoms with van der Waals surface area (Å²) in [5.41, 5.74) is 0. The largest absolute Gasteiger partial charge is 0.346 e. The van der Waals surface area contributed by atoms with E-state index in [0.717, 1.165) is 19.5 Å². The molecule has 0 aromatic rings. The zero-order valence-corrected chi connectivity index (χ0v) is 7.87. The van der Waals surface area contributed by atoms with Crippen molar-refractivity contribution < 1.29 is 9.47 Å². The van der Waals surface area contributed by atoms with Crippen LogP contribution in [0, 0.1) is 5.92 Å². The topological polar surface area (TPSA) is 30.5 Å². The number of nitrogens with one attached hydrogen (secondary N) is 1. The van der Waals surface area contributed by atoms with Gasteiger partial charge in [0.25, 0.3) is 0 Å². The summed E-state index contributed by atoms with van der Waals surface area (Å²) < 4.78 is 11.8. The van der Waals surface area contributed by atoms with Crippen molar-refractivity contribution >= 4 is 0 Å². The summed E-state index contributed by atoms with van der Waals surface area (Å²) in [6, 6.07) is 0. The molecule has 74 valence electrons. The molecule has 2 heterocycles. The smallest absolute Gasteiger partial charge is 0.161 e. The van der Waals surface area contributed by atoms with Crippen molar-refractivity contribution in [2.75, 3.05) is 13.1 Å².